The molecule has 2 saturated carbocycles. The maximum absolute atomic E-state index is 13.0. The van der Waals surface area contributed by atoms with Gasteiger partial charge in [-0.05, 0) is 67.7 Å². The molecule has 2 bridgehead atoms. The summed E-state index contributed by atoms with van der Waals surface area (Å²) < 4.78 is 39.0. The van der Waals surface area contributed by atoms with Gasteiger partial charge in [-0.1, -0.05) is 18.2 Å². The Hall–Kier alpha value is -2.06. The number of carbonyl (C=O) groups excluding carboxylic acids is 2. The molecule has 0 spiro atoms. The van der Waals surface area contributed by atoms with E-state index < -0.39 is 11.7 Å². The van der Waals surface area contributed by atoms with Crippen molar-refractivity contribution in [2.24, 2.45) is 35.5 Å². The molecule has 6 unspecified atom stereocenters. The molecule has 35 heavy (non-hydrogen) atoms. The fourth-order valence-electron chi connectivity index (χ4n) is 6.95. The van der Waals surface area contributed by atoms with Gasteiger partial charge in [-0.25, -0.2) is 0 Å². The summed E-state index contributed by atoms with van der Waals surface area (Å²) in [5.41, 5.74) is 0.00203. The second-order valence-corrected chi connectivity index (χ2v) is 10.6. The largest absolute Gasteiger partial charge is 0.416 e. The average molecular weight is 510 g/mol. The summed E-state index contributed by atoms with van der Waals surface area (Å²) in [5, 5.41) is 0. The Morgan fingerprint density at radius 2 is 1.46 bits per heavy atom. The van der Waals surface area contributed by atoms with Crippen LogP contribution in [0.5, 0.6) is 0 Å². The van der Waals surface area contributed by atoms with Crippen molar-refractivity contribution in [1.82, 2.24) is 9.80 Å². The standard InChI is InChI=1S/C26H30F3N3O2.ClH/c27-26(28,29)16-4-3-5-17(14-16)31-12-10-30(11-13-31)8-1-2-9-32-24(33)22-18-6-7-19(21-15-20(18)21)23(22)25(32)34;/h3-7,14,18-23H,1-2,8-13,15H2;1H. The molecular weight excluding hydrogens is 479 g/mol. The predicted molar refractivity (Wildman–Crippen MR) is 128 cm³/mol. The number of likely N-dealkylation sites (tertiary alicyclic amines) is 1. The van der Waals surface area contributed by atoms with Crippen LogP contribution in [-0.2, 0) is 15.8 Å². The number of halogens is 4. The number of unbranched alkanes of at least 4 members (excludes halogenated alkanes) is 1. The van der Waals surface area contributed by atoms with Gasteiger partial charge in [0.05, 0.1) is 17.4 Å². The number of benzene rings is 1. The van der Waals surface area contributed by atoms with E-state index >= 15 is 0 Å². The van der Waals surface area contributed by atoms with Crippen molar-refractivity contribution in [3.63, 3.8) is 0 Å². The van der Waals surface area contributed by atoms with E-state index in [0.29, 0.717) is 37.2 Å². The molecule has 0 radical (unpaired) electrons. The highest BCUT2D eigenvalue weighted by Crippen LogP contribution is 2.65. The highest BCUT2D eigenvalue weighted by molar-refractivity contribution is 6.06. The molecule has 0 aromatic heterocycles. The summed E-state index contributed by atoms with van der Waals surface area (Å²) in [5.74, 6) is 1.67. The number of carbonyl (C=O) groups is 2. The minimum atomic E-state index is -4.33. The maximum Gasteiger partial charge on any atom is 0.416 e. The Bertz CT molecular complexity index is 987. The number of piperazine rings is 1. The number of rotatable bonds is 6. The number of alkyl halides is 3. The smallest absolute Gasteiger partial charge is 0.369 e. The van der Waals surface area contributed by atoms with Gasteiger partial charge in [-0.15, -0.1) is 12.4 Å². The van der Waals surface area contributed by atoms with E-state index in [1.165, 1.54) is 18.6 Å². The first-order chi connectivity index (χ1) is 16.3. The number of allylic oxidation sites excluding steroid dienone is 2. The zero-order valence-electron chi connectivity index (χ0n) is 19.5. The van der Waals surface area contributed by atoms with E-state index in [1.807, 2.05) is 4.90 Å². The Balaban J connectivity index is 0.00000253. The van der Waals surface area contributed by atoms with Crippen molar-refractivity contribution in [2.75, 3.05) is 44.2 Å². The quantitative estimate of drug-likeness (QED) is 0.329. The zero-order chi connectivity index (χ0) is 23.6. The van der Waals surface area contributed by atoms with Crippen molar-refractivity contribution < 1.29 is 22.8 Å². The molecule has 2 aliphatic heterocycles. The van der Waals surface area contributed by atoms with E-state index in [4.69, 9.17) is 0 Å². The Labute approximate surface area is 209 Å². The lowest BCUT2D eigenvalue weighted by atomic mass is 9.63. The lowest BCUT2D eigenvalue weighted by Gasteiger charge is -2.37. The number of amides is 2. The van der Waals surface area contributed by atoms with Crippen molar-refractivity contribution in [3.8, 4) is 0 Å². The average Bonchev–Trinajstić information content (AvgIpc) is 3.62. The minimum absolute atomic E-state index is 0. The van der Waals surface area contributed by atoms with Crippen LogP contribution in [0.3, 0.4) is 0 Å². The monoisotopic (exact) mass is 509 g/mol. The molecule has 2 amide bonds. The first-order valence-corrected chi connectivity index (χ1v) is 12.5. The highest BCUT2D eigenvalue weighted by Gasteiger charge is 2.66. The van der Waals surface area contributed by atoms with Gasteiger partial charge in [0.1, 0.15) is 0 Å². The van der Waals surface area contributed by atoms with Crippen LogP contribution >= 0.6 is 12.4 Å². The van der Waals surface area contributed by atoms with Crippen LogP contribution in [0.2, 0.25) is 0 Å². The van der Waals surface area contributed by atoms with Crippen LogP contribution in [0.15, 0.2) is 36.4 Å². The number of nitrogens with zero attached hydrogens (tertiary/aromatic N) is 3. The highest BCUT2D eigenvalue weighted by atomic mass is 35.5. The number of anilines is 1. The van der Waals surface area contributed by atoms with Gasteiger partial charge in [0.15, 0.2) is 0 Å². The SMILES string of the molecule is Cl.O=C1C2C3C=CC(C4CC34)C2C(=O)N1CCCCN1CCN(c2cccc(C(F)(F)F)c2)CC1. The van der Waals surface area contributed by atoms with Gasteiger partial charge < -0.3 is 4.90 Å². The molecule has 6 atom stereocenters. The van der Waals surface area contributed by atoms with E-state index in [1.54, 1.807) is 11.0 Å². The van der Waals surface area contributed by atoms with Crippen molar-refractivity contribution in [3.05, 3.63) is 42.0 Å². The zero-order valence-corrected chi connectivity index (χ0v) is 20.3. The van der Waals surface area contributed by atoms with E-state index in [2.05, 4.69) is 17.1 Å². The van der Waals surface area contributed by atoms with Gasteiger partial charge >= 0.3 is 6.18 Å². The van der Waals surface area contributed by atoms with E-state index in [9.17, 15) is 22.8 Å². The molecule has 0 N–H and O–H groups in total. The molecule has 4 aliphatic carbocycles. The molecule has 2 heterocycles. The Morgan fingerprint density at radius 1 is 0.857 bits per heavy atom. The molecular formula is C26H31ClF3N3O2. The Morgan fingerprint density at radius 3 is 2.06 bits per heavy atom. The lowest BCUT2D eigenvalue weighted by Crippen LogP contribution is -2.46. The first kappa shape index (κ1) is 24.6. The molecule has 5 nitrogen and oxygen atoms in total. The number of hydrogen-bond donors (Lipinski definition) is 0. The van der Waals surface area contributed by atoms with Gasteiger partial charge in [-0.2, -0.15) is 13.2 Å². The summed E-state index contributed by atoms with van der Waals surface area (Å²) >= 11 is 0. The topological polar surface area (TPSA) is 43.9 Å². The maximum atomic E-state index is 13.0. The van der Waals surface area contributed by atoms with Gasteiger partial charge in [0.25, 0.3) is 0 Å². The number of imide groups is 1. The molecule has 7 rings (SSSR count). The van der Waals surface area contributed by atoms with Crippen LogP contribution in [0.25, 0.3) is 0 Å². The molecule has 1 aromatic rings. The van der Waals surface area contributed by atoms with Crippen LogP contribution in [0.4, 0.5) is 18.9 Å². The molecule has 190 valence electrons. The van der Waals surface area contributed by atoms with E-state index in [0.717, 1.165) is 38.5 Å². The Kier molecular flexibility index (Phi) is 6.41. The van der Waals surface area contributed by atoms with Crippen molar-refractivity contribution >= 4 is 29.9 Å². The number of hydrogen-bond acceptors (Lipinski definition) is 4. The molecule has 1 aromatic carbocycles. The minimum Gasteiger partial charge on any atom is -0.369 e. The van der Waals surface area contributed by atoms with Gasteiger partial charge in [-0.3, -0.25) is 19.4 Å². The third-order valence-corrected chi connectivity index (χ3v) is 8.77. The molecule has 4 fully saturated rings. The summed E-state index contributed by atoms with van der Waals surface area (Å²) in [6, 6.07) is 5.53. The van der Waals surface area contributed by atoms with Crippen LogP contribution in [-0.4, -0.2) is 60.9 Å². The predicted octanol–water partition coefficient (Wildman–Crippen LogP) is 4.08. The second-order valence-electron chi connectivity index (χ2n) is 10.6. The molecule has 9 heteroatoms. The van der Waals surface area contributed by atoms with Gasteiger partial charge in [0.2, 0.25) is 11.8 Å². The van der Waals surface area contributed by atoms with Gasteiger partial charge in [0, 0.05) is 38.4 Å². The summed E-state index contributed by atoms with van der Waals surface area (Å²) in [6.07, 6.45) is 2.94. The summed E-state index contributed by atoms with van der Waals surface area (Å²) in [4.78, 5) is 31.9. The summed E-state index contributed by atoms with van der Waals surface area (Å²) in [6.45, 7) is 4.33. The van der Waals surface area contributed by atoms with E-state index in [-0.39, 0.29) is 47.9 Å². The fourth-order valence-corrected chi connectivity index (χ4v) is 6.95. The molecule has 6 aliphatic rings. The van der Waals surface area contributed by atoms with Crippen molar-refractivity contribution in [1.29, 1.82) is 0 Å². The lowest BCUT2D eigenvalue weighted by molar-refractivity contribution is -0.140. The summed E-state index contributed by atoms with van der Waals surface area (Å²) in [7, 11) is 0. The van der Waals surface area contributed by atoms with Crippen LogP contribution in [0.1, 0.15) is 24.8 Å². The molecule has 2 saturated heterocycles. The third-order valence-electron chi connectivity index (χ3n) is 8.77. The van der Waals surface area contributed by atoms with Crippen LogP contribution < -0.4 is 4.90 Å². The normalized spacial score (nSPS) is 33.6. The van der Waals surface area contributed by atoms with Crippen LogP contribution in [0, 0.1) is 35.5 Å². The fraction of sp³-hybridized carbons (Fsp3) is 0.615. The first-order valence-electron chi connectivity index (χ1n) is 12.5. The second kappa shape index (κ2) is 9.11. The van der Waals surface area contributed by atoms with Crippen molar-refractivity contribution in [2.45, 2.75) is 25.4 Å². The third kappa shape index (κ3) is 4.26.